The molecule has 8 fully saturated rings. The van der Waals surface area contributed by atoms with Gasteiger partial charge in [-0.15, -0.1) is 11.8 Å². The van der Waals surface area contributed by atoms with Crippen LogP contribution in [0.15, 0.2) is 60.7 Å². The number of ether oxygens (including phenoxy) is 10. The average Bonchev–Trinajstić information content (AvgIpc) is 3.38. The lowest BCUT2D eigenvalue weighted by Crippen LogP contribution is -2.68. The van der Waals surface area contributed by atoms with Gasteiger partial charge in [-0.2, -0.15) is 0 Å². The van der Waals surface area contributed by atoms with E-state index in [-0.39, 0.29) is 91.6 Å². The summed E-state index contributed by atoms with van der Waals surface area (Å²) in [6.07, 6.45) is 8.53. The summed E-state index contributed by atoms with van der Waals surface area (Å²) < 4.78 is 67.6. The van der Waals surface area contributed by atoms with Crippen molar-refractivity contribution in [1.82, 2.24) is 0 Å². The second-order valence-corrected chi connectivity index (χ2v) is 18.5. The summed E-state index contributed by atoms with van der Waals surface area (Å²) in [5.41, 5.74) is 2.29. The highest BCUT2D eigenvalue weighted by Crippen LogP contribution is 2.53. The van der Waals surface area contributed by atoms with Crippen molar-refractivity contribution in [3.8, 4) is 0 Å². The molecule has 0 aliphatic carbocycles. The Balaban J connectivity index is 0.815. The second-order valence-electron chi connectivity index (χ2n) is 17.0. The molecule has 10 rings (SSSR count). The average molecular weight is 779 g/mol. The molecule has 11 heteroatoms. The minimum atomic E-state index is -0.496. The van der Waals surface area contributed by atoms with E-state index in [2.05, 4.69) is 43.3 Å². The third-order valence-electron chi connectivity index (χ3n) is 13.4. The third-order valence-corrected chi connectivity index (χ3v) is 14.7. The summed E-state index contributed by atoms with van der Waals surface area (Å²) >= 11 is 1.87. The number of thioether (sulfide) groups is 1. The van der Waals surface area contributed by atoms with Crippen molar-refractivity contribution in [2.75, 3.05) is 19.0 Å². The van der Waals surface area contributed by atoms with Crippen molar-refractivity contribution in [3.05, 3.63) is 71.8 Å². The van der Waals surface area contributed by atoms with Crippen LogP contribution in [0.2, 0.25) is 0 Å². The van der Waals surface area contributed by atoms with Crippen LogP contribution in [0.25, 0.3) is 0 Å². The molecule has 300 valence electrons. The number of fused-ring (bicyclic) bond motifs is 7. The molecular formula is C44H58O10S. The molecule has 2 aromatic rings. The first-order valence-electron chi connectivity index (χ1n) is 21.2. The minimum absolute atomic E-state index is 0.00732. The number of hydrogen-bond donors (Lipinski definition) is 0. The molecule has 0 bridgehead atoms. The van der Waals surface area contributed by atoms with E-state index >= 15 is 0 Å². The van der Waals surface area contributed by atoms with Gasteiger partial charge in [-0.3, -0.25) is 0 Å². The molecular weight excluding hydrogens is 721 g/mol. The highest BCUT2D eigenvalue weighted by Gasteiger charge is 2.61. The monoisotopic (exact) mass is 778 g/mol. The van der Waals surface area contributed by atoms with Gasteiger partial charge >= 0.3 is 0 Å². The van der Waals surface area contributed by atoms with E-state index in [0.717, 1.165) is 87.7 Å². The lowest BCUT2D eigenvalue weighted by molar-refractivity contribution is -0.328. The van der Waals surface area contributed by atoms with Gasteiger partial charge in [0, 0.05) is 45.1 Å². The van der Waals surface area contributed by atoms with Crippen molar-refractivity contribution in [2.24, 2.45) is 0 Å². The predicted octanol–water partition coefficient (Wildman–Crippen LogP) is 6.54. The topological polar surface area (TPSA) is 92.3 Å². The first-order valence-corrected chi connectivity index (χ1v) is 22.2. The van der Waals surface area contributed by atoms with Gasteiger partial charge in [0.2, 0.25) is 0 Å². The number of rotatable bonds is 9. The van der Waals surface area contributed by atoms with E-state index in [0.29, 0.717) is 19.8 Å². The molecule has 0 saturated carbocycles. The lowest BCUT2D eigenvalue weighted by Gasteiger charge is -2.59. The normalized spacial score (nSPS) is 44.9. The summed E-state index contributed by atoms with van der Waals surface area (Å²) in [6, 6.07) is 20.6. The molecule has 0 amide bonds. The number of benzene rings is 2. The Morgan fingerprint density at radius 2 is 1.20 bits per heavy atom. The van der Waals surface area contributed by atoms with Crippen LogP contribution in [-0.2, 0) is 60.6 Å². The minimum Gasteiger partial charge on any atom is -0.375 e. The van der Waals surface area contributed by atoms with Gasteiger partial charge in [-0.05, 0) is 42.6 Å². The Morgan fingerprint density at radius 1 is 0.600 bits per heavy atom. The fourth-order valence-corrected chi connectivity index (χ4v) is 12.0. The van der Waals surface area contributed by atoms with Gasteiger partial charge in [0.05, 0.1) is 105 Å². The predicted molar refractivity (Wildman–Crippen MR) is 205 cm³/mol. The molecule has 16 atom stereocenters. The third kappa shape index (κ3) is 7.95. The van der Waals surface area contributed by atoms with E-state index in [9.17, 15) is 0 Å². The summed E-state index contributed by atoms with van der Waals surface area (Å²) in [4.78, 5) is -0.496. The highest BCUT2D eigenvalue weighted by atomic mass is 32.2. The van der Waals surface area contributed by atoms with E-state index in [1.807, 2.05) is 36.0 Å². The fraction of sp³-hybridized carbons (Fsp3) is 0.727. The maximum atomic E-state index is 7.24. The van der Waals surface area contributed by atoms with Crippen molar-refractivity contribution in [1.29, 1.82) is 0 Å². The first-order chi connectivity index (χ1) is 27.1. The van der Waals surface area contributed by atoms with Gasteiger partial charge < -0.3 is 47.4 Å². The molecule has 0 unspecified atom stereocenters. The molecule has 8 aliphatic rings. The maximum absolute atomic E-state index is 7.24. The molecule has 0 N–H and O–H groups in total. The molecule has 55 heavy (non-hydrogen) atoms. The van der Waals surface area contributed by atoms with Crippen LogP contribution >= 0.6 is 11.8 Å². The van der Waals surface area contributed by atoms with Crippen LogP contribution in [0.3, 0.4) is 0 Å². The van der Waals surface area contributed by atoms with Crippen LogP contribution < -0.4 is 0 Å². The summed E-state index contributed by atoms with van der Waals surface area (Å²) in [5, 5.41) is 0. The van der Waals surface area contributed by atoms with E-state index < -0.39 is 4.93 Å². The molecule has 0 radical (unpaired) electrons. The number of hydrogen-bond acceptors (Lipinski definition) is 11. The van der Waals surface area contributed by atoms with Crippen LogP contribution in [0.1, 0.15) is 82.3 Å². The van der Waals surface area contributed by atoms with Gasteiger partial charge in [0.15, 0.2) is 0 Å². The first kappa shape index (κ1) is 37.6. The van der Waals surface area contributed by atoms with Crippen molar-refractivity contribution in [3.63, 3.8) is 0 Å². The standard InChI is InChI=1S/C44H58O10S/c1-2-55-44-23-41-38(20-35-31(49-41)16-15-30-34(50-35)18-32-29(48-30)14-9-17-46-32)53-43(44)22-39-40(54-44)21-37-36(51-39)19-33(47-25-28-12-7-4-8-13-28)42(52-37)26-45-24-27-10-5-3-6-11-27/h3-8,10-13,29-43H,2,9,14-26H2,1H3/t29-,30+,31-,32+,33-,34-,35+,36+,37-,38-,39-,40+,41+,42+,43+,44+/m0/s1. The zero-order valence-corrected chi connectivity index (χ0v) is 32.8. The smallest absolute Gasteiger partial charge is 0.142 e. The molecule has 8 heterocycles. The van der Waals surface area contributed by atoms with Gasteiger partial charge in [0.1, 0.15) is 11.0 Å². The van der Waals surface area contributed by atoms with Crippen LogP contribution in [0.4, 0.5) is 0 Å². The largest absolute Gasteiger partial charge is 0.375 e. The Hall–Kier alpha value is -1.61. The van der Waals surface area contributed by atoms with E-state index in [4.69, 9.17) is 47.4 Å². The summed E-state index contributed by atoms with van der Waals surface area (Å²) in [6.45, 7) is 4.54. The Bertz CT molecular complexity index is 1550. The summed E-state index contributed by atoms with van der Waals surface area (Å²) in [7, 11) is 0. The lowest BCUT2D eigenvalue weighted by atomic mass is 9.82. The van der Waals surface area contributed by atoms with Crippen molar-refractivity contribution < 1.29 is 47.4 Å². The molecule has 0 spiro atoms. The summed E-state index contributed by atoms with van der Waals surface area (Å²) in [5.74, 6) is 0.930. The zero-order valence-electron chi connectivity index (χ0n) is 32.0. The highest BCUT2D eigenvalue weighted by molar-refractivity contribution is 8.00. The van der Waals surface area contributed by atoms with E-state index in [1.165, 1.54) is 0 Å². The van der Waals surface area contributed by atoms with Gasteiger partial charge in [0.25, 0.3) is 0 Å². The van der Waals surface area contributed by atoms with Crippen LogP contribution in [0, 0.1) is 0 Å². The Labute approximate surface area is 329 Å². The second kappa shape index (κ2) is 16.6. The Morgan fingerprint density at radius 3 is 1.96 bits per heavy atom. The van der Waals surface area contributed by atoms with Crippen LogP contribution in [-0.4, -0.2) is 115 Å². The molecule has 2 aromatic carbocycles. The van der Waals surface area contributed by atoms with Crippen LogP contribution in [0.5, 0.6) is 0 Å². The SMILES string of the molecule is CCS[C@]12C[C@H]3O[C@H]4CC[C@H]5O[C@H]6CCCO[C@@H]6C[C@@H]5O[C@@H]4C[C@@H]3O[C@@H]1C[C@@H]1O[C@@H]3C[C@H](OCc4ccccc4)[C@@H](COCc4ccccc4)O[C@H]3C[C@H]1O2. The Kier molecular flexibility index (Phi) is 11.3. The molecule has 8 aliphatic heterocycles. The zero-order chi connectivity index (χ0) is 36.8. The quantitative estimate of drug-likeness (QED) is 0.278. The van der Waals surface area contributed by atoms with Crippen molar-refractivity contribution >= 4 is 11.8 Å². The van der Waals surface area contributed by atoms with Gasteiger partial charge in [-0.1, -0.05) is 67.6 Å². The van der Waals surface area contributed by atoms with E-state index in [1.54, 1.807) is 0 Å². The molecule has 10 nitrogen and oxygen atoms in total. The molecule has 8 saturated heterocycles. The molecule has 0 aromatic heterocycles. The fourth-order valence-electron chi connectivity index (χ4n) is 10.7. The maximum Gasteiger partial charge on any atom is 0.142 e. The van der Waals surface area contributed by atoms with Crippen molar-refractivity contribution in [2.45, 2.75) is 181 Å². The van der Waals surface area contributed by atoms with Gasteiger partial charge in [-0.25, -0.2) is 0 Å².